The summed E-state index contributed by atoms with van der Waals surface area (Å²) in [5.41, 5.74) is 3.39. The zero-order chi connectivity index (χ0) is 16.2. The summed E-state index contributed by atoms with van der Waals surface area (Å²) in [5.74, 6) is 0.601. The number of hydrogen-bond donors (Lipinski definition) is 0. The third-order valence-corrected chi connectivity index (χ3v) is 6.47. The first-order valence-corrected chi connectivity index (χ1v) is 9.03. The van der Waals surface area contributed by atoms with Gasteiger partial charge in [-0.05, 0) is 57.0 Å². The predicted molar refractivity (Wildman–Crippen MR) is 102 cm³/mol. The van der Waals surface area contributed by atoms with Gasteiger partial charge in [-0.3, -0.25) is 0 Å². The second kappa shape index (κ2) is 5.09. The summed E-state index contributed by atoms with van der Waals surface area (Å²) in [7, 11) is 0. The lowest BCUT2D eigenvalue weighted by Gasteiger charge is -2.41. The van der Waals surface area contributed by atoms with Crippen LogP contribution in [0.4, 0.5) is 0 Å². The van der Waals surface area contributed by atoms with E-state index in [0.717, 1.165) is 0 Å². The molecule has 1 aliphatic rings. The molecule has 4 rings (SSSR count). The summed E-state index contributed by atoms with van der Waals surface area (Å²) in [4.78, 5) is 0. The van der Waals surface area contributed by atoms with Crippen LogP contribution in [-0.4, -0.2) is 0 Å². The van der Waals surface area contributed by atoms with E-state index >= 15 is 0 Å². The van der Waals surface area contributed by atoms with E-state index in [9.17, 15) is 0 Å². The van der Waals surface area contributed by atoms with Crippen LogP contribution >= 0.6 is 0 Å². The number of unbranched alkanes of at least 4 members (excludes halogenated alkanes) is 1. The lowest BCUT2D eigenvalue weighted by atomic mass is 9.62. The molecule has 3 aromatic carbocycles. The Kier molecular flexibility index (Phi) is 3.27. The van der Waals surface area contributed by atoms with Crippen LogP contribution in [0.2, 0.25) is 0 Å². The van der Waals surface area contributed by atoms with Crippen molar-refractivity contribution in [2.45, 2.75) is 52.4 Å². The van der Waals surface area contributed by atoms with E-state index in [1.807, 2.05) is 0 Å². The standard InChI is InChI=1S/C23H26/c1-5-6-14-23(4)16(3)15(2)19-12-10-17-8-7-9-18-11-13-20(23)22(19)21(17)18/h7-13,16H,5-6,14H2,1-4H3. The Morgan fingerprint density at radius 1 is 0.957 bits per heavy atom. The first-order chi connectivity index (χ1) is 11.1. The maximum atomic E-state index is 2.49. The highest BCUT2D eigenvalue weighted by molar-refractivity contribution is 6.12. The molecule has 0 bridgehead atoms. The lowest BCUT2D eigenvalue weighted by molar-refractivity contribution is 0.338. The van der Waals surface area contributed by atoms with Gasteiger partial charge in [-0.1, -0.05) is 81.7 Å². The van der Waals surface area contributed by atoms with E-state index in [-0.39, 0.29) is 5.41 Å². The second-order valence-electron chi connectivity index (χ2n) is 7.61. The molecular weight excluding hydrogens is 276 g/mol. The zero-order valence-corrected chi connectivity index (χ0v) is 14.7. The first-order valence-electron chi connectivity index (χ1n) is 9.03. The molecule has 23 heavy (non-hydrogen) atoms. The Labute approximate surface area is 139 Å². The Bertz CT molecular complexity index is 931. The van der Waals surface area contributed by atoms with Crippen molar-refractivity contribution in [1.82, 2.24) is 0 Å². The van der Waals surface area contributed by atoms with Crippen LogP contribution in [0, 0.1) is 5.92 Å². The molecule has 2 unspecified atom stereocenters. The molecule has 0 aromatic heterocycles. The van der Waals surface area contributed by atoms with Crippen molar-refractivity contribution < 1.29 is 0 Å². The van der Waals surface area contributed by atoms with E-state index in [0.29, 0.717) is 5.92 Å². The van der Waals surface area contributed by atoms with E-state index in [4.69, 9.17) is 0 Å². The quantitative estimate of drug-likeness (QED) is 0.558. The third kappa shape index (κ3) is 1.90. The molecule has 0 aliphatic heterocycles. The molecule has 0 saturated carbocycles. The number of rotatable bonds is 3. The average Bonchev–Trinajstić information content (AvgIpc) is 2.58. The van der Waals surface area contributed by atoms with Crippen molar-refractivity contribution in [3.63, 3.8) is 0 Å². The molecule has 3 aromatic rings. The molecule has 0 nitrogen and oxygen atoms in total. The fourth-order valence-corrected chi connectivity index (χ4v) is 4.73. The Hall–Kier alpha value is -1.82. The fraction of sp³-hybridized carbons (Fsp3) is 0.391. The summed E-state index contributed by atoms with van der Waals surface area (Å²) < 4.78 is 0. The summed E-state index contributed by atoms with van der Waals surface area (Å²) in [6.45, 7) is 9.58. The SMILES string of the molecule is CCCCC1(C)c2ccc3cccc4ccc(c2c34)=C(C)C1C. The Morgan fingerprint density at radius 3 is 2.35 bits per heavy atom. The van der Waals surface area contributed by atoms with Gasteiger partial charge < -0.3 is 0 Å². The number of benzene rings is 3. The predicted octanol–water partition coefficient (Wildman–Crippen LogP) is 5.98. The Balaban J connectivity index is 2.17. The molecule has 0 saturated heterocycles. The van der Waals surface area contributed by atoms with Gasteiger partial charge in [0.1, 0.15) is 0 Å². The Morgan fingerprint density at radius 2 is 1.65 bits per heavy atom. The minimum absolute atomic E-state index is 0.255. The summed E-state index contributed by atoms with van der Waals surface area (Å²) in [6.07, 6.45) is 3.85. The average molecular weight is 302 g/mol. The molecule has 0 radical (unpaired) electrons. The molecular formula is C23H26. The van der Waals surface area contributed by atoms with Crippen molar-refractivity contribution in [2.24, 2.45) is 5.92 Å². The van der Waals surface area contributed by atoms with Gasteiger partial charge >= 0.3 is 0 Å². The fourth-order valence-electron chi connectivity index (χ4n) is 4.73. The van der Waals surface area contributed by atoms with Crippen LogP contribution in [-0.2, 0) is 5.41 Å². The summed E-state index contributed by atoms with van der Waals surface area (Å²) in [5, 5.41) is 7.23. The second-order valence-corrected chi connectivity index (χ2v) is 7.61. The summed E-state index contributed by atoms with van der Waals surface area (Å²) >= 11 is 0. The van der Waals surface area contributed by atoms with Gasteiger partial charge in [0.15, 0.2) is 0 Å². The van der Waals surface area contributed by atoms with Crippen molar-refractivity contribution in [2.75, 3.05) is 0 Å². The normalized spacial score (nSPS) is 23.8. The molecule has 0 heterocycles. The van der Waals surface area contributed by atoms with E-state index in [2.05, 4.69) is 70.2 Å². The van der Waals surface area contributed by atoms with Crippen molar-refractivity contribution >= 4 is 27.1 Å². The first kappa shape index (κ1) is 14.8. The van der Waals surface area contributed by atoms with Gasteiger partial charge in [-0.25, -0.2) is 0 Å². The molecule has 0 amide bonds. The van der Waals surface area contributed by atoms with E-state index in [1.165, 1.54) is 46.0 Å². The van der Waals surface area contributed by atoms with Gasteiger partial charge in [0.2, 0.25) is 0 Å². The maximum absolute atomic E-state index is 2.49. The van der Waals surface area contributed by atoms with Gasteiger partial charge in [-0.2, -0.15) is 0 Å². The van der Waals surface area contributed by atoms with Gasteiger partial charge in [-0.15, -0.1) is 0 Å². The summed E-state index contributed by atoms with van der Waals surface area (Å²) in [6, 6.07) is 16.1. The van der Waals surface area contributed by atoms with E-state index < -0.39 is 0 Å². The van der Waals surface area contributed by atoms with Gasteiger partial charge in [0, 0.05) is 0 Å². The molecule has 0 N–H and O–H groups in total. The van der Waals surface area contributed by atoms with Crippen LogP contribution < -0.4 is 5.22 Å². The highest BCUT2D eigenvalue weighted by Gasteiger charge is 2.38. The monoisotopic (exact) mass is 302 g/mol. The molecule has 118 valence electrons. The highest BCUT2D eigenvalue weighted by atomic mass is 14.4. The minimum Gasteiger partial charge on any atom is -0.0654 e. The van der Waals surface area contributed by atoms with Crippen LogP contribution in [0.5, 0.6) is 0 Å². The highest BCUT2D eigenvalue weighted by Crippen LogP contribution is 2.46. The molecule has 0 heteroatoms. The molecule has 0 spiro atoms. The zero-order valence-electron chi connectivity index (χ0n) is 14.7. The molecule has 0 fully saturated rings. The smallest absolute Gasteiger partial charge is 0.000595 e. The maximum Gasteiger partial charge on any atom is -0.000595 e. The van der Waals surface area contributed by atoms with Gasteiger partial charge in [0.05, 0.1) is 0 Å². The lowest BCUT2D eigenvalue weighted by Crippen LogP contribution is -2.37. The largest absolute Gasteiger partial charge is 0.0654 e. The van der Waals surface area contributed by atoms with Crippen LogP contribution in [0.3, 0.4) is 0 Å². The van der Waals surface area contributed by atoms with Crippen LogP contribution in [0.1, 0.15) is 52.5 Å². The molecule has 2 atom stereocenters. The minimum atomic E-state index is 0.255. The van der Waals surface area contributed by atoms with Crippen molar-refractivity contribution in [3.05, 3.63) is 53.2 Å². The van der Waals surface area contributed by atoms with Crippen LogP contribution in [0.15, 0.2) is 42.5 Å². The topological polar surface area (TPSA) is 0 Å². The van der Waals surface area contributed by atoms with Crippen LogP contribution in [0.25, 0.3) is 27.1 Å². The van der Waals surface area contributed by atoms with Crippen molar-refractivity contribution in [1.29, 1.82) is 0 Å². The van der Waals surface area contributed by atoms with E-state index in [1.54, 1.807) is 11.1 Å². The van der Waals surface area contributed by atoms with Gasteiger partial charge in [0.25, 0.3) is 0 Å². The third-order valence-electron chi connectivity index (χ3n) is 6.47. The molecule has 1 aliphatic carbocycles. The number of hydrogen-bond acceptors (Lipinski definition) is 0. The van der Waals surface area contributed by atoms with Crippen molar-refractivity contribution in [3.8, 4) is 0 Å².